The maximum Gasteiger partial charge on any atom is 0.124 e. The van der Waals surface area contributed by atoms with E-state index in [2.05, 4.69) is 32.9 Å². The van der Waals surface area contributed by atoms with Crippen LogP contribution in [0.3, 0.4) is 0 Å². The Morgan fingerprint density at radius 1 is 1.10 bits per heavy atom. The van der Waals surface area contributed by atoms with Crippen LogP contribution in [0.15, 0.2) is 42.5 Å². The minimum Gasteiger partial charge on any atom is -0.483 e. The molecule has 1 atom stereocenters. The normalized spacial score (nSPS) is 11.6. The average Bonchev–Trinajstić information content (AvgIpc) is 2.47. The molecule has 20 heavy (non-hydrogen) atoms. The van der Waals surface area contributed by atoms with Crippen LogP contribution in [0.5, 0.6) is 11.5 Å². The largest absolute Gasteiger partial charge is 0.483 e. The van der Waals surface area contributed by atoms with Crippen molar-refractivity contribution in [2.75, 3.05) is 0 Å². The van der Waals surface area contributed by atoms with Crippen LogP contribution in [0.25, 0.3) is 0 Å². The van der Waals surface area contributed by atoms with Crippen molar-refractivity contribution >= 4 is 0 Å². The molecule has 1 nitrogen and oxygen atoms in total. The SMILES string of the molecule is CCc1c(Oc2ccccc2)[c-]ccc1C(C)CC.[U]. The number of rotatable bonds is 5. The van der Waals surface area contributed by atoms with Gasteiger partial charge in [0.2, 0.25) is 0 Å². The predicted octanol–water partition coefficient (Wildman–Crippen LogP) is 5.35. The first kappa shape index (κ1) is 17.3. The summed E-state index contributed by atoms with van der Waals surface area (Å²) in [6.45, 7) is 6.66. The molecule has 0 saturated heterocycles. The summed E-state index contributed by atoms with van der Waals surface area (Å²) >= 11 is 0. The zero-order valence-corrected chi connectivity index (χ0v) is 16.6. The van der Waals surface area contributed by atoms with Gasteiger partial charge in [-0.3, -0.25) is 0 Å². The molecule has 0 aliphatic heterocycles. The molecule has 2 aromatic carbocycles. The second-order valence-corrected chi connectivity index (χ2v) is 4.82. The number of ether oxygens (including phenoxy) is 1. The first-order chi connectivity index (χ1) is 9.26. The molecule has 0 saturated carbocycles. The molecule has 0 aliphatic rings. The van der Waals surface area contributed by atoms with Gasteiger partial charge >= 0.3 is 0 Å². The summed E-state index contributed by atoms with van der Waals surface area (Å²) in [5.41, 5.74) is 2.66. The van der Waals surface area contributed by atoms with Crippen molar-refractivity contribution in [1.29, 1.82) is 0 Å². The van der Waals surface area contributed by atoms with Gasteiger partial charge in [-0.15, -0.1) is 17.2 Å². The third kappa shape index (κ3) is 4.14. The molecule has 0 aromatic heterocycles. The smallest absolute Gasteiger partial charge is 0.124 e. The fourth-order valence-corrected chi connectivity index (χ4v) is 2.27. The van der Waals surface area contributed by atoms with Crippen molar-refractivity contribution in [2.24, 2.45) is 0 Å². The molecule has 0 heterocycles. The monoisotopic (exact) mass is 491 g/mol. The van der Waals surface area contributed by atoms with Crippen molar-refractivity contribution < 1.29 is 35.9 Å². The summed E-state index contributed by atoms with van der Waals surface area (Å²) in [5, 5.41) is 0. The van der Waals surface area contributed by atoms with Gasteiger partial charge in [-0.1, -0.05) is 51.8 Å². The number of para-hydroxylation sites is 1. The van der Waals surface area contributed by atoms with Crippen LogP contribution in [-0.4, -0.2) is 0 Å². The van der Waals surface area contributed by atoms with Crippen LogP contribution in [0.4, 0.5) is 0 Å². The summed E-state index contributed by atoms with van der Waals surface area (Å²) in [5.74, 6) is 2.30. The van der Waals surface area contributed by atoms with Gasteiger partial charge in [0.15, 0.2) is 0 Å². The van der Waals surface area contributed by atoms with Crippen LogP contribution in [-0.2, 0) is 6.42 Å². The third-order valence-corrected chi connectivity index (χ3v) is 3.56. The van der Waals surface area contributed by atoms with E-state index >= 15 is 0 Å². The minimum atomic E-state index is 0. The van der Waals surface area contributed by atoms with E-state index < -0.39 is 0 Å². The maximum absolute atomic E-state index is 5.98. The molecule has 0 fully saturated rings. The third-order valence-electron chi connectivity index (χ3n) is 3.56. The quantitative estimate of drug-likeness (QED) is 0.513. The second kappa shape index (κ2) is 8.55. The van der Waals surface area contributed by atoms with Crippen LogP contribution < -0.4 is 4.74 Å². The van der Waals surface area contributed by atoms with Crippen LogP contribution >= 0.6 is 0 Å². The van der Waals surface area contributed by atoms with Crippen molar-refractivity contribution in [1.82, 2.24) is 0 Å². The van der Waals surface area contributed by atoms with E-state index in [0.717, 1.165) is 24.3 Å². The Kier molecular flexibility index (Phi) is 7.41. The van der Waals surface area contributed by atoms with E-state index in [4.69, 9.17) is 4.74 Å². The van der Waals surface area contributed by atoms with Crippen molar-refractivity contribution in [3.05, 3.63) is 59.7 Å². The molecule has 2 heteroatoms. The van der Waals surface area contributed by atoms with Crippen LogP contribution in [0.2, 0.25) is 0 Å². The Bertz CT molecular complexity index is 522. The summed E-state index contributed by atoms with van der Waals surface area (Å²) in [6.07, 6.45) is 2.11. The molecule has 1 unspecified atom stereocenters. The first-order valence-electron chi connectivity index (χ1n) is 7.02. The van der Waals surface area contributed by atoms with Crippen LogP contribution in [0, 0.1) is 37.2 Å². The van der Waals surface area contributed by atoms with E-state index in [0.29, 0.717) is 5.92 Å². The standard InChI is InChI=1S/C18H21O.U/c1-4-14(3)17-12-9-13-18(16(17)5-2)19-15-10-7-6-8-11-15;/h6-12,14H,4-5H2,1-3H3;/q-1;. The van der Waals surface area contributed by atoms with Gasteiger partial charge < -0.3 is 4.74 Å². The molecule has 0 aliphatic carbocycles. The van der Waals surface area contributed by atoms with Gasteiger partial charge in [-0.2, -0.15) is 12.1 Å². The maximum atomic E-state index is 5.98. The molecule has 104 valence electrons. The molecular formula is C18H21OU-. The summed E-state index contributed by atoms with van der Waals surface area (Å²) < 4.78 is 5.98. The Morgan fingerprint density at radius 2 is 1.80 bits per heavy atom. The molecule has 0 spiro atoms. The van der Waals surface area contributed by atoms with E-state index in [1.165, 1.54) is 11.1 Å². The Balaban J connectivity index is 0.00000200. The predicted molar refractivity (Wildman–Crippen MR) is 79.9 cm³/mol. The Labute approximate surface area is 146 Å². The second-order valence-electron chi connectivity index (χ2n) is 4.82. The summed E-state index contributed by atoms with van der Waals surface area (Å²) in [4.78, 5) is 0. The van der Waals surface area contributed by atoms with Gasteiger partial charge in [0, 0.05) is 36.9 Å². The van der Waals surface area contributed by atoms with Crippen molar-refractivity contribution in [3.63, 3.8) is 0 Å². The molecule has 2 rings (SSSR count). The average molecular weight is 491 g/mol. The number of hydrogen-bond donors (Lipinski definition) is 0. The van der Waals surface area contributed by atoms with Crippen molar-refractivity contribution in [3.8, 4) is 11.5 Å². The topological polar surface area (TPSA) is 9.23 Å². The van der Waals surface area contributed by atoms with Gasteiger partial charge in [0.1, 0.15) is 5.75 Å². The van der Waals surface area contributed by atoms with E-state index in [9.17, 15) is 0 Å². The van der Waals surface area contributed by atoms with Crippen LogP contribution in [0.1, 0.15) is 44.2 Å². The van der Waals surface area contributed by atoms with Gasteiger partial charge in [-0.05, 0) is 18.1 Å². The first-order valence-corrected chi connectivity index (χ1v) is 7.02. The molecular weight excluding hydrogens is 470 g/mol. The molecule has 0 N–H and O–H groups in total. The summed E-state index contributed by atoms with van der Waals surface area (Å²) in [6, 6.07) is 17.3. The fourth-order valence-electron chi connectivity index (χ4n) is 2.27. The summed E-state index contributed by atoms with van der Waals surface area (Å²) in [7, 11) is 0. The van der Waals surface area contributed by atoms with Gasteiger partial charge in [0.05, 0.1) is 0 Å². The zero-order chi connectivity index (χ0) is 13.7. The van der Waals surface area contributed by atoms with E-state index in [-0.39, 0.29) is 31.1 Å². The fraction of sp³-hybridized carbons (Fsp3) is 0.333. The van der Waals surface area contributed by atoms with Crippen molar-refractivity contribution in [2.45, 2.75) is 39.5 Å². The van der Waals surface area contributed by atoms with E-state index in [1.807, 2.05) is 36.4 Å². The molecule has 2 aromatic rings. The molecule has 0 radical (unpaired) electrons. The zero-order valence-electron chi connectivity index (χ0n) is 12.4. The Hall–Kier alpha value is -0.708. The molecule has 0 bridgehead atoms. The van der Waals surface area contributed by atoms with E-state index in [1.54, 1.807) is 0 Å². The Morgan fingerprint density at radius 3 is 2.40 bits per heavy atom. The molecule has 0 amide bonds. The minimum absolute atomic E-state index is 0. The van der Waals surface area contributed by atoms with Gasteiger partial charge in [0.25, 0.3) is 0 Å². The number of benzene rings is 2. The van der Waals surface area contributed by atoms with Gasteiger partial charge in [-0.25, -0.2) is 0 Å². The number of hydrogen-bond acceptors (Lipinski definition) is 1.